The summed E-state index contributed by atoms with van der Waals surface area (Å²) in [5, 5.41) is 3.29. The molecule has 0 saturated carbocycles. The number of carbonyl (C=O) groups is 1. The highest BCUT2D eigenvalue weighted by molar-refractivity contribution is 5.78. The van der Waals surface area contributed by atoms with E-state index in [1.54, 1.807) is 0 Å². The lowest BCUT2D eigenvalue weighted by Crippen LogP contribution is -2.22. The van der Waals surface area contributed by atoms with Gasteiger partial charge in [0, 0.05) is 32.6 Å². The number of hydrogen-bond donors (Lipinski definition) is 1. The molecule has 1 N–H and O–H groups in total. The molecule has 1 unspecified atom stereocenters. The fourth-order valence-corrected chi connectivity index (χ4v) is 1.58. The first-order valence-corrected chi connectivity index (χ1v) is 7.73. The minimum atomic E-state index is 0.344. The van der Waals surface area contributed by atoms with Crippen LogP contribution in [0.5, 0.6) is 0 Å². The van der Waals surface area contributed by atoms with Crippen molar-refractivity contribution in [2.75, 3.05) is 26.3 Å². The normalized spacial score (nSPS) is 13.2. The van der Waals surface area contributed by atoms with Crippen LogP contribution in [0.3, 0.4) is 0 Å². The van der Waals surface area contributed by atoms with Gasteiger partial charge < -0.3 is 10.1 Å². The van der Waals surface area contributed by atoms with Crippen LogP contribution in [-0.2, 0) is 9.53 Å². The third-order valence-electron chi connectivity index (χ3n) is 3.40. The van der Waals surface area contributed by atoms with Crippen molar-refractivity contribution in [3.8, 4) is 0 Å². The summed E-state index contributed by atoms with van der Waals surface area (Å²) in [5.41, 5.74) is 0. The van der Waals surface area contributed by atoms with Crippen LogP contribution in [0.2, 0.25) is 0 Å². The fraction of sp³-hybridized carbons (Fsp3) is 0.938. The lowest BCUT2D eigenvalue weighted by molar-refractivity contribution is -0.119. The van der Waals surface area contributed by atoms with Crippen molar-refractivity contribution in [1.29, 1.82) is 0 Å². The summed E-state index contributed by atoms with van der Waals surface area (Å²) in [4.78, 5) is 11.6. The number of carbonyl (C=O) groups excluding carboxylic acids is 1. The van der Waals surface area contributed by atoms with Gasteiger partial charge in [0.05, 0.1) is 0 Å². The smallest absolute Gasteiger partial charge is 0.134 e. The van der Waals surface area contributed by atoms with Crippen LogP contribution < -0.4 is 5.32 Å². The zero-order valence-corrected chi connectivity index (χ0v) is 13.5. The van der Waals surface area contributed by atoms with Gasteiger partial charge >= 0.3 is 0 Å². The molecule has 0 heterocycles. The molecule has 0 aliphatic rings. The van der Waals surface area contributed by atoms with E-state index < -0.39 is 0 Å². The fourth-order valence-electron chi connectivity index (χ4n) is 1.58. The lowest BCUT2D eigenvalue weighted by Gasteiger charge is -2.15. The zero-order valence-electron chi connectivity index (χ0n) is 13.5. The predicted octanol–water partition coefficient (Wildman–Crippen LogP) is 3.28. The summed E-state index contributed by atoms with van der Waals surface area (Å²) in [6, 6.07) is 0. The summed E-state index contributed by atoms with van der Waals surface area (Å²) in [7, 11) is 0. The molecule has 0 bridgehead atoms. The van der Waals surface area contributed by atoms with Crippen molar-refractivity contribution >= 4 is 5.78 Å². The second-order valence-electron chi connectivity index (χ2n) is 6.29. The quantitative estimate of drug-likeness (QED) is 0.554. The molecule has 3 heteroatoms. The molecule has 0 aromatic rings. The van der Waals surface area contributed by atoms with Crippen molar-refractivity contribution in [2.45, 2.75) is 53.9 Å². The molecule has 0 radical (unpaired) electrons. The Kier molecular flexibility index (Phi) is 11.2. The molecule has 0 fully saturated rings. The first kappa shape index (κ1) is 18.6. The van der Waals surface area contributed by atoms with E-state index in [1.807, 2.05) is 0 Å². The monoisotopic (exact) mass is 271 g/mol. The largest absolute Gasteiger partial charge is 0.381 e. The molecular weight excluding hydrogens is 238 g/mol. The topological polar surface area (TPSA) is 38.3 Å². The highest BCUT2D eigenvalue weighted by Gasteiger charge is 2.07. The number of ether oxygens (including phenoxy) is 1. The summed E-state index contributed by atoms with van der Waals surface area (Å²) in [6.45, 7) is 14.3. The van der Waals surface area contributed by atoms with Crippen LogP contribution in [0.4, 0.5) is 0 Å². The lowest BCUT2D eigenvalue weighted by atomic mass is 9.99. The molecule has 0 aliphatic carbocycles. The molecule has 3 nitrogen and oxygen atoms in total. The van der Waals surface area contributed by atoms with Crippen LogP contribution in [0, 0.1) is 17.8 Å². The van der Waals surface area contributed by atoms with Crippen LogP contribution in [0.15, 0.2) is 0 Å². The van der Waals surface area contributed by atoms with E-state index in [4.69, 9.17) is 4.74 Å². The third-order valence-corrected chi connectivity index (χ3v) is 3.40. The van der Waals surface area contributed by atoms with Crippen molar-refractivity contribution in [1.82, 2.24) is 5.32 Å². The molecule has 0 aromatic heterocycles. The molecule has 0 amide bonds. The van der Waals surface area contributed by atoms with Gasteiger partial charge in [-0.25, -0.2) is 0 Å². The standard InChI is InChI=1S/C16H33NO2/c1-13(2)11-17-9-8-16(18)7-6-10-19-12-15(5)14(3)4/h13-15,17H,6-12H2,1-5H3. The van der Waals surface area contributed by atoms with Gasteiger partial charge in [-0.1, -0.05) is 34.6 Å². The number of rotatable bonds is 12. The van der Waals surface area contributed by atoms with Gasteiger partial charge in [0.1, 0.15) is 5.78 Å². The SMILES string of the molecule is CC(C)CNCCC(=O)CCCOCC(C)C(C)C. The van der Waals surface area contributed by atoms with Gasteiger partial charge in [-0.05, 0) is 30.7 Å². The first-order chi connectivity index (χ1) is 8.93. The van der Waals surface area contributed by atoms with Gasteiger partial charge in [0.2, 0.25) is 0 Å². The number of ketones is 1. The molecule has 0 aliphatic heterocycles. The third kappa shape index (κ3) is 12.4. The number of Topliss-reactive ketones (excluding diaryl/α,β-unsaturated/α-hetero) is 1. The minimum Gasteiger partial charge on any atom is -0.381 e. The number of hydrogen-bond acceptors (Lipinski definition) is 3. The Balaban J connectivity index is 3.34. The highest BCUT2D eigenvalue weighted by Crippen LogP contribution is 2.09. The van der Waals surface area contributed by atoms with Crippen molar-refractivity contribution in [3.63, 3.8) is 0 Å². The zero-order chi connectivity index (χ0) is 14.7. The molecule has 114 valence electrons. The maximum absolute atomic E-state index is 11.6. The average molecular weight is 271 g/mol. The summed E-state index contributed by atoms with van der Waals surface area (Å²) in [5.74, 6) is 2.24. The molecule has 1 atom stereocenters. The Bertz CT molecular complexity index is 227. The van der Waals surface area contributed by atoms with Crippen LogP contribution in [0.25, 0.3) is 0 Å². The van der Waals surface area contributed by atoms with E-state index in [0.29, 0.717) is 43.0 Å². The van der Waals surface area contributed by atoms with Crippen LogP contribution >= 0.6 is 0 Å². The van der Waals surface area contributed by atoms with E-state index in [1.165, 1.54) is 0 Å². The Morgan fingerprint density at radius 3 is 2.37 bits per heavy atom. The predicted molar refractivity (Wildman–Crippen MR) is 81.4 cm³/mol. The summed E-state index contributed by atoms with van der Waals surface area (Å²) in [6.07, 6.45) is 2.16. The van der Waals surface area contributed by atoms with E-state index >= 15 is 0 Å². The maximum Gasteiger partial charge on any atom is 0.134 e. The highest BCUT2D eigenvalue weighted by atomic mass is 16.5. The van der Waals surface area contributed by atoms with Gasteiger partial charge in [-0.2, -0.15) is 0 Å². The summed E-state index contributed by atoms with van der Waals surface area (Å²) < 4.78 is 5.60. The minimum absolute atomic E-state index is 0.344. The molecule has 0 saturated heterocycles. The van der Waals surface area contributed by atoms with Gasteiger partial charge in [-0.15, -0.1) is 0 Å². The Labute approximate surface area is 119 Å². The Hall–Kier alpha value is -0.410. The van der Waals surface area contributed by atoms with E-state index in [-0.39, 0.29) is 0 Å². The summed E-state index contributed by atoms with van der Waals surface area (Å²) >= 11 is 0. The Morgan fingerprint density at radius 1 is 1.11 bits per heavy atom. The van der Waals surface area contributed by atoms with E-state index in [2.05, 4.69) is 39.9 Å². The molecule has 19 heavy (non-hydrogen) atoms. The van der Waals surface area contributed by atoms with E-state index in [0.717, 1.165) is 26.1 Å². The van der Waals surface area contributed by atoms with Gasteiger partial charge in [0.25, 0.3) is 0 Å². The average Bonchev–Trinajstić information content (AvgIpc) is 2.33. The van der Waals surface area contributed by atoms with Gasteiger partial charge in [0.15, 0.2) is 0 Å². The van der Waals surface area contributed by atoms with Crippen molar-refractivity contribution in [3.05, 3.63) is 0 Å². The van der Waals surface area contributed by atoms with Crippen LogP contribution in [0.1, 0.15) is 53.9 Å². The second-order valence-corrected chi connectivity index (χ2v) is 6.29. The van der Waals surface area contributed by atoms with Crippen molar-refractivity contribution in [2.24, 2.45) is 17.8 Å². The van der Waals surface area contributed by atoms with E-state index in [9.17, 15) is 4.79 Å². The molecule has 0 aromatic carbocycles. The molecule has 0 spiro atoms. The van der Waals surface area contributed by atoms with Crippen LogP contribution in [-0.4, -0.2) is 32.1 Å². The maximum atomic E-state index is 11.6. The number of nitrogens with one attached hydrogen (secondary N) is 1. The molecule has 0 rings (SSSR count). The van der Waals surface area contributed by atoms with Crippen molar-refractivity contribution < 1.29 is 9.53 Å². The first-order valence-electron chi connectivity index (χ1n) is 7.73. The van der Waals surface area contributed by atoms with Gasteiger partial charge in [-0.3, -0.25) is 4.79 Å². The second kappa shape index (κ2) is 11.4. The Morgan fingerprint density at radius 2 is 1.79 bits per heavy atom. The molecular formula is C16H33NO2.